The summed E-state index contributed by atoms with van der Waals surface area (Å²) in [5.41, 5.74) is 2.19. The molecular formula is C25H31N3O5S. The average molecular weight is 486 g/mol. The number of hydrogen-bond donors (Lipinski definition) is 1. The van der Waals surface area contributed by atoms with Crippen molar-refractivity contribution in [3.63, 3.8) is 0 Å². The third-order valence-corrected chi connectivity index (χ3v) is 8.28. The highest BCUT2D eigenvalue weighted by molar-refractivity contribution is 7.89. The van der Waals surface area contributed by atoms with E-state index in [0.717, 1.165) is 34.8 Å². The van der Waals surface area contributed by atoms with Gasteiger partial charge in [-0.05, 0) is 81.1 Å². The van der Waals surface area contributed by atoms with Gasteiger partial charge in [-0.25, -0.2) is 8.42 Å². The van der Waals surface area contributed by atoms with Crippen molar-refractivity contribution in [3.8, 4) is 5.75 Å². The molecular weight excluding hydrogens is 454 g/mol. The molecule has 1 saturated carbocycles. The second-order valence-corrected chi connectivity index (χ2v) is 11.0. The maximum absolute atomic E-state index is 13.1. The van der Waals surface area contributed by atoms with Crippen molar-refractivity contribution in [3.05, 3.63) is 48.0 Å². The van der Waals surface area contributed by atoms with Gasteiger partial charge in [0.1, 0.15) is 5.75 Å². The molecule has 4 rings (SSSR count). The van der Waals surface area contributed by atoms with Gasteiger partial charge in [-0.3, -0.25) is 9.59 Å². The maximum atomic E-state index is 13.1. The molecule has 0 spiro atoms. The summed E-state index contributed by atoms with van der Waals surface area (Å²) >= 11 is 0. The van der Waals surface area contributed by atoms with Crippen LogP contribution < -0.4 is 15.0 Å². The van der Waals surface area contributed by atoms with Crippen molar-refractivity contribution in [2.75, 3.05) is 30.4 Å². The Morgan fingerprint density at radius 2 is 1.85 bits per heavy atom. The molecule has 2 aromatic carbocycles. The van der Waals surface area contributed by atoms with Gasteiger partial charge in [-0.2, -0.15) is 4.31 Å². The first kappa shape index (κ1) is 24.2. The fourth-order valence-corrected chi connectivity index (χ4v) is 5.60. The molecule has 8 nitrogen and oxygen atoms in total. The standard InChI is InChI=1S/C25H31N3O5S/c1-4-33-21-10-8-20(9-11-21)26-24(29)16-27(3)34(31,32)22-12-13-23-19(15-22)14-17(2)28(23)25(30)18-6-5-7-18/h8-13,15,17-18H,4-7,14,16H2,1-3H3,(H,26,29)/t17-/m1/s1. The zero-order valence-corrected chi connectivity index (χ0v) is 20.6. The number of sulfonamides is 1. The van der Waals surface area contributed by atoms with E-state index >= 15 is 0 Å². The van der Waals surface area contributed by atoms with E-state index < -0.39 is 15.9 Å². The van der Waals surface area contributed by atoms with E-state index in [-0.39, 0.29) is 29.3 Å². The van der Waals surface area contributed by atoms with Gasteiger partial charge in [0.05, 0.1) is 18.0 Å². The van der Waals surface area contributed by atoms with Gasteiger partial charge in [0.25, 0.3) is 0 Å². The molecule has 1 aliphatic heterocycles. The first-order valence-corrected chi connectivity index (χ1v) is 13.1. The lowest BCUT2D eigenvalue weighted by Crippen LogP contribution is -2.42. The predicted octanol–water partition coefficient (Wildman–Crippen LogP) is 3.42. The second-order valence-electron chi connectivity index (χ2n) is 8.95. The quantitative estimate of drug-likeness (QED) is 0.618. The Bertz CT molecular complexity index is 1180. The van der Waals surface area contributed by atoms with Crippen molar-refractivity contribution in [2.45, 2.75) is 50.5 Å². The highest BCUT2D eigenvalue weighted by atomic mass is 32.2. The Morgan fingerprint density at radius 3 is 2.47 bits per heavy atom. The number of fused-ring (bicyclic) bond motifs is 1. The Kier molecular flexibility index (Phi) is 6.95. The number of nitrogens with zero attached hydrogens (tertiary/aromatic N) is 2. The smallest absolute Gasteiger partial charge is 0.243 e. The van der Waals surface area contributed by atoms with E-state index in [1.165, 1.54) is 13.1 Å². The van der Waals surface area contributed by atoms with Gasteiger partial charge < -0.3 is 15.0 Å². The Hall–Kier alpha value is -2.91. The molecule has 1 fully saturated rings. The predicted molar refractivity (Wildman–Crippen MR) is 130 cm³/mol. The molecule has 1 atom stereocenters. The zero-order valence-electron chi connectivity index (χ0n) is 19.8. The van der Waals surface area contributed by atoms with Crippen molar-refractivity contribution in [2.24, 2.45) is 5.92 Å². The molecule has 2 aliphatic rings. The summed E-state index contributed by atoms with van der Waals surface area (Å²) in [5, 5.41) is 2.71. The van der Waals surface area contributed by atoms with Crippen LogP contribution in [0.25, 0.3) is 0 Å². The minimum atomic E-state index is -3.88. The normalized spacial score (nSPS) is 17.9. The summed E-state index contributed by atoms with van der Waals surface area (Å²) in [6.07, 6.45) is 3.54. The molecule has 0 radical (unpaired) electrons. The van der Waals surface area contributed by atoms with Crippen LogP contribution in [0.15, 0.2) is 47.4 Å². The molecule has 182 valence electrons. The number of carbonyl (C=O) groups is 2. The largest absolute Gasteiger partial charge is 0.494 e. The number of hydrogen-bond acceptors (Lipinski definition) is 5. The molecule has 34 heavy (non-hydrogen) atoms. The van der Waals surface area contributed by atoms with Crippen LogP contribution in [0, 0.1) is 5.92 Å². The summed E-state index contributed by atoms with van der Waals surface area (Å²) in [6.45, 7) is 4.10. The van der Waals surface area contributed by atoms with Crippen molar-refractivity contribution in [1.29, 1.82) is 0 Å². The van der Waals surface area contributed by atoms with Crippen LogP contribution in [0.5, 0.6) is 5.75 Å². The average Bonchev–Trinajstić information content (AvgIpc) is 3.08. The number of carbonyl (C=O) groups excluding carboxylic acids is 2. The van der Waals surface area contributed by atoms with Crippen molar-refractivity contribution >= 4 is 33.2 Å². The summed E-state index contributed by atoms with van der Waals surface area (Å²) in [6, 6.07) is 11.8. The number of amides is 2. The number of anilines is 2. The van der Waals surface area contributed by atoms with E-state index in [2.05, 4.69) is 5.32 Å². The summed E-state index contributed by atoms with van der Waals surface area (Å²) < 4.78 is 32.7. The highest BCUT2D eigenvalue weighted by Crippen LogP contribution is 2.38. The first-order chi connectivity index (χ1) is 16.2. The van der Waals surface area contributed by atoms with E-state index in [1.807, 2.05) is 18.7 Å². The van der Waals surface area contributed by atoms with Crippen LogP contribution in [-0.2, 0) is 26.0 Å². The van der Waals surface area contributed by atoms with Gasteiger partial charge in [-0.15, -0.1) is 0 Å². The van der Waals surface area contributed by atoms with Crippen LogP contribution in [0.1, 0.15) is 38.7 Å². The lowest BCUT2D eigenvalue weighted by molar-refractivity contribution is -0.125. The third kappa shape index (κ3) is 4.81. The fraction of sp³-hybridized carbons (Fsp3) is 0.440. The number of benzene rings is 2. The van der Waals surface area contributed by atoms with Gasteiger partial charge in [0.2, 0.25) is 21.8 Å². The van der Waals surface area contributed by atoms with Gasteiger partial charge >= 0.3 is 0 Å². The lowest BCUT2D eigenvalue weighted by Gasteiger charge is -2.32. The topological polar surface area (TPSA) is 96.0 Å². The molecule has 1 heterocycles. The monoisotopic (exact) mass is 485 g/mol. The van der Waals surface area contributed by atoms with Gasteiger partial charge in [0.15, 0.2) is 0 Å². The molecule has 2 aromatic rings. The molecule has 0 aromatic heterocycles. The molecule has 0 saturated heterocycles. The number of nitrogens with one attached hydrogen (secondary N) is 1. The minimum Gasteiger partial charge on any atom is -0.494 e. The molecule has 0 bridgehead atoms. The second kappa shape index (κ2) is 9.76. The highest BCUT2D eigenvalue weighted by Gasteiger charge is 2.37. The summed E-state index contributed by atoms with van der Waals surface area (Å²) in [5.74, 6) is 0.467. The summed E-state index contributed by atoms with van der Waals surface area (Å²) in [7, 11) is -2.49. The lowest BCUT2D eigenvalue weighted by atomic mass is 9.84. The van der Waals surface area contributed by atoms with E-state index in [1.54, 1.807) is 36.4 Å². The summed E-state index contributed by atoms with van der Waals surface area (Å²) in [4.78, 5) is 27.3. The maximum Gasteiger partial charge on any atom is 0.243 e. The van der Waals surface area contributed by atoms with Crippen molar-refractivity contribution < 1.29 is 22.7 Å². The van der Waals surface area contributed by atoms with Gasteiger partial charge in [-0.1, -0.05) is 6.42 Å². The number of likely N-dealkylation sites (N-methyl/N-ethyl adjacent to an activating group) is 1. The first-order valence-electron chi connectivity index (χ1n) is 11.7. The minimum absolute atomic E-state index is 0.00123. The van der Waals surface area contributed by atoms with E-state index in [9.17, 15) is 18.0 Å². The van der Waals surface area contributed by atoms with Gasteiger partial charge in [0, 0.05) is 30.4 Å². The Balaban J connectivity index is 1.44. The van der Waals surface area contributed by atoms with Crippen LogP contribution >= 0.6 is 0 Å². The molecule has 1 aliphatic carbocycles. The molecule has 0 unspecified atom stereocenters. The van der Waals surface area contributed by atoms with E-state index in [0.29, 0.717) is 24.5 Å². The number of rotatable bonds is 8. The zero-order chi connectivity index (χ0) is 24.5. The molecule has 1 N–H and O–H groups in total. The van der Waals surface area contributed by atoms with Crippen LogP contribution in [0.2, 0.25) is 0 Å². The van der Waals surface area contributed by atoms with Crippen molar-refractivity contribution in [1.82, 2.24) is 4.31 Å². The van der Waals surface area contributed by atoms with Crippen LogP contribution in [-0.4, -0.2) is 50.8 Å². The Labute approximate surface area is 200 Å². The Morgan fingerprint density at radius 1 is 1.15 bits per heavy atom. The molecule has 2 amide bonds. The van der Waals surface area contributed by atoms with Crippen LogP contribution in [0.3, 0.4) is 0 Å². The molecule has 9 heteroatoms. The van der Waals surface area contributed by atoms with E-state index in [4.69, 9.17) is 4.74 Å². The SMILES string of the molecule is CCOc1ccc(NC(=O)CN(C)S(=O)(=O)c2ccc3c(c2)C[C@@H](C)N3C(=O)C2CCC2)cc1. The third-order valence-electron chi connectivity index (χ3n) is 6.48. The fourth-order valence-electron chi connectivity index (χ4n) is 4.42. The number of ether oxygens (including phenoxy) is 1. The van der Waals surface area contributed by atoms with Crippen LogP contribution in [0.4, 0.5) is 11.4 Å².